The number of halogens is 3. The Bertz CT molecular complexity index is 1190. The van der Waals surface area contributed by atoms with E-state index in [2.05, 4.69) is 10.3 Å². The van der Waals surface area contributed by atoms with Crippen molar-refractivity contribution >= 4 is 21.7 Å². The zero-order chi connectivity index (χ0) is 24.0. The quantitative estimate of drug-likeness (QED) is 0.694. The highest BCUT2D eigenvalue weighted by Gasteiger charge is 2.57. The molecular weight excluding hydrogens is 461 g/mol. The minimum atomic E-state index is -4.03. The number of aromatic nitrogens is 1. The summed E-state index contributed by atoms with van der Waals surface area (Å²) in [5, 5.41) is 2.78. The molecule has 2 aromatic rings. The summed E-state index contributed by atoms with van der Waals surface area (Å²) >= 11 is 0. The lowest BCUT2D eigenvalue weighted by atomic mass is 9.98. The SMILES string of the molecule is CCS(=O)(=O)N[C@@H]1[C@@H]2Cc3cccc(c3F)Oc3nc(ccc3C)NCC(=O)N2CC1(F)F. The third-order valence-electron chi connectivity index (χ3n) is 5.78. The number of hydrogen-bond acceptors (Lipinski definition) is 6. The molecule has 2 aliphatic rings. The molecule has 1 aromatic carbocycles. The van der Waals surface area contributed by atoms with Gasteiger partial charge in [0.05, 0.1) is 24.9 Å². The van der Waals surface area contributed by atoms with Crippen molar-refractivity contribution in [2.75, 3.05) is 24.2 Å². The summed E-state index contributed by atoms with van der Waals surface area (Å²) in [5.74, 6) is -5.25. The van der Waals surface area contributed by atoms with Crippen molar-refractivity contribution in [3.05, 3.63) is 47.3 Å². The number of rotatable bonds is 3. The predicted octanol–water partition coefficient (Wildman–Crippen LogP) is 2.44. The van der Waals surface area contributed by atoms with E-state index in [1.165, 1.54) is 25.1 Å². The number of hydrogen-bond donors (Lipinski definition) is 2. The minimum absolute atomic E-state index is 0.00899. The van der Waals surface area contributed by atoms with E-state index in [0.29, 0.717) is 5.56 Å². The number of nitrogens with one attached hydrogen (secondary N) is 2. The van der Waals surface area contributed by atoms with Crippen LogP contribution in [0.1, 0.15) is 18.1 Å². The monoisotopic (exact) mass is 484 g/mol. The molecule has 8 nitrogen and oxygen atoms in total. The van der Waals surface area contributed by atoms with E-state index in [1.807, 2.05) is 4.72 Å². The van der Waals surface area contributed by atoms with Crippen LogP contribution < -0.4 is 14.8 Å². The Labute approximate surface area is 189 Å². The highest BCUT2D eigenvalue weighted by atomic mass is 32.2. The molecule has 4 bridgehead atoms. The van der Waals surface area contributed by atoms with E-state index in [0.717, 1.165) is 4.90 Å². The van der Waals surface area contributed by atoms with Gasteiger partial charge in [0.2, 0.25) is 21.8 Å². The highest BCUT2D eigenvalue weighted by Crippen LogP contribution is 2.37. The van der Waals surface area contributed by atoms with Crippen LogP contribution in [0.25, 0.3) is 0 Å². The van der Waals surface area contributed by atoms with Gasteiger partial charge in [-0.2, -0.15) is 4.98 Å². The molecule has 0 unspecified atom stereocenters. The lowest BCUT2D eigenvalue weighted by molar-refractivity contribution is -0.131. The van der Waals surface area contributed by atoms with Gasteiger partial charge in [-0.1, -0.05) is 18.2 Å². The van der Waals surface area contributed by atoms with Gasteiger partial charge < -0.3 is 15.0 Å². The fourth-order valence-corrected chi connectivity index (χ4v) is 4.83. The maximum Gasteiger partial charge on any atom is 0.283 e. The van der Waals surface area contributed by atoms with Gasteiger partial charge in [0, 0.05) is 5.56 Å². The van der Waals surface area contributed by atoms with Crippen molar-refractivity contribution in [3.8, 4) is 11.6 Å². The Hall–Kier alpha value is -2.86. The average Bonchev–Trinajstić information content (AvgIpc) is 3.00. The summed E-state index contributed by atoms with van der Waals surface area (Å²) in [6.07, 6.45) is -0.342. The van der Waals surface area contributed by atoms with Crippen LogP contribution in [0.3, 0.4) is 0 Å². The molecule has 0 aliphatic carbocycles. The topological polar surface area (TPSA) is 101 Å². The Morgan fingerprint density at radius 3 is 2.79 bits per heavy atom. The van der Waals surface area contributed by atoms with Crippen LogP contribution in [0.15, 0.2) is 30.3 Å². The molecule has 1 aromatic heterocycles. The summed E-state index contributed by atoms with van der Waals surface area (Å²) in [4.78, 5) is 18.1. The van der Waals surface area contributed by atoms with Crippen molar-refractivity contribution in [1.29, 1.82) is 0 Å². The largest absolute Gasteiger partial charge is 0.436 e. The zero-order valence-corrected chi connectivity index (χ0v) is 18.8. The molecule has 178 valence electrons. The van der Waals surface area contributed by atoms with Crippen LogP contribution in [0.5, 0.6) is 11.6 Å². The number of amides is 1. The molecule has 1 saturated heterocycles. The molecular formula is C21H23F3N4O4S. The Kier molecular flexibility index (Phi) is 5.99. The van der Waals surface area contributed by atoms with Crippen LogP contribution in [-0.2, 0) is 21.2 Å². The van der Waals surface area contributed by atoms with Gasteiger partial charge in [-0.05, 0) is 38.0 Å². The van der Waals surface area contributed by atoms with Gasteiger partial charge in [0.15, 0.2) is 11.6 Å². The number of pyridine rings is 1. The second kappa shape index (κ2) is 8.49. The number of alkyl halides is 2. The maximum atomic E-state index is 15.3. The number of nitrogens with zero attached hydrogens (tertiary/aromatic N) is 2. The van der Waals surface area contributed by atoms with Crippen LogP contribution in [-0.4, -0.2) is 61.1 Å². The van der Waals surface area contributed by atoms with E-state index < -0.39 is 52.1 Å². The number of carbonyl (C=O) groups excluding carboxylic acids is 1. The van der Waals surface area contributed by atoms with Crippen molar-refractivity contribution in [2.45, 2.75) is 38.3 Å². The number of ether oxygens (including phenoxy) is 1. The van der Waals surface area contributed by atoms with Crippen LogP contribution in [0.4, 0.5) is 19.0 Å². The molecule has 0 saturated carbocycles. The maximum absolute atomic E-state index is 15.3. The second-order valence-corrected chi connectivity index (χ2v) is 10.1. The van der Waals surface area contributed by atoms with Gasteiger partial charge >= 0.3 is 0 Å². The summed E-state index contributed by atoms with van der Waals surface area (Å²) < 4.78 is 77.2. The van der Waals surface area contributed by atoms with Gasteiger partial charge in [-0.3, -0.25) is 4.79 Å². The predicted molar refractivity (Wildman–Crippen MR) is 114 cm³/mol. The van der Waals surface area contributed by atoms with Gasteiger partial charge in [0.1, 0.15) is 11.9 Å². The smallest absolute Gasteiger partial charge is 0.283 e. The fourth-order valence-electron chi connectivity index (χ4n) is 3.95. The number of aryl methyl sites for hydroxylation is 1. The molecule has 2 N–H and O–H groups in total. The highest BCUT2D eigenvalue weighted by molar-refractivity contribution is 7.89. The Morgan fingerprint density at radius 2 is 2.06 bits per heavy atom. The van der Waals surface area contributed by atoms with E-state index in [-0.39, 0.29) is 36.0 Å². The number of benzene rings is 1. The molecule has 1 fully saturated rings. The van der Waals surface area contributed by atoms with E-state index in [4.69, 9.17) is 4.74 Å². The zero-order valence-electron chi connectivity index (χ0n) is 17.9. The van der Waals surface area contributed by atoms with Gasteiger partial charge in [-0.15, -0.1) is 0 Å². The first kappa shape index (κ1) is 23.3. The molecule has 33 heavy (non-hydrogen) atoms. The number of anilines is 1. The van der Waals surface area contributed by atoms with Crippen molar-refractivity contribution in [3.63, 3.8) is 0 Å². The average molecular weight is 485 g/mol. The minimum Gasteiger partial charge on any atom is -0.436 e. The third kappa shape index (κ3) is 4.62. The van der Waals surface area contributed by atoms with E-state index >= 15 is 4.39 Å². The summed E-state index contributed by atoms with van der Waals surface area (Å²) in [6, 6.07) is 4.27. The molecule has 2 aliphatic heterocycles. The number of sulfonamides is 1. The first-order chi connectivity index (χ1) is 15.5. The van der Waals surface area contributed by atoms with Crippen LogP contribution in [0.2, 0.25) is 0 Å². The lowest BCUT2D eigenvalue weighted by Crippen LogP contribution is -2.53. The molecule has 12 heteroatoms. The lowest BCUT2D eigenvalue weighted by Gasteiger charge is -2.28. The number of carbonyl (C=O) groups is 1. The summed E-state index contributed by atoms with van der Waals surface area (Å²) in [6.45, 7) is 1.67. The van der Waals surface area contributed by atoms with E-state index in [1.54, 1.807) is 19.1 Å². The Morgan fingerprint density at radius 1 is 1.30 bits per heavy atom. The molecule has 0 radical (unpaired) electrons. The van der Waals surface area contributed by atoms with Gasteiger partial charge in [-0.25, -0.2) is 26.3 Å². The molecule has 2 atom stereocenters. The third-order valence-corrected chi connectivity index (χ3v) is 7.15. The normalized spacial score (nSPS) is 22.3. The van der Waals surface area contributed by atoms with E-state index in [9.17, 15) is 22.0 Å². The molecule has 3 heterocycles. The van der Waals surface area contributed by atoms with Crippen LogP contribution in [0, 0.1) is 12.7 Å². The first-order valence-electron chi connectivity index (χ1n) is 10.3. The summed E-state index contributed by atoms with van der Waals surface area (Å²) in [7, 11) is -4.03. The van der Waals surface area contributed by atoms with Crippen LogP contribution >= 0.6 is 0 Å². The van der Waals surface area contributed by atoms with Gasteiger partial charge in [0.25, 0.3) is 5.92 Å². The first-order valence-corrected chi connectivity index (χ1v) is 12.0. The van der Waals surface area contributed by atoms with Crippen molar-refractivity contribution in [1.82, 2.24) is 14.6 Å². The standard InChI is InChI=1S/C21H23F3N4O4S/c1-3-33(30,31)27-19-14-9-13-5-4-6-15(18(13)22)32-20-12(2)7-8-16(26-20)25-10-17(29)28(14)11-21(19,23)24/h4-8,14,19,27H,3,9-11H2,1-2H3,(H,25,26)/t14-,19+/m0/s1. The number of fused-ring (bicyclic) bond motifs is 5. The summed E-state index contributed by atoms with van der Waals surface area (Å²) in [5.41, 5.74) is 0.635. The molecule has 0 spiro atoms. The fraction of sp³-hybridized carbons (Fsp3) is 0.429. The Balaban J connectivity index is 1.81. The molecule has 1 amide bonds. The second-order valence-electron chi connectivity index (χ2n) is 8.06. The molecule has 4 rings (SSSR count). The van der Waals surface area contributed by atoms with Crippen molar-refractivity contribution < 1.29 is 31.1 Å². The van der Waals surface area contributed by atoms with Crippen molar-refractivity contribution in [2.24, 2.45) is 0 Å².